The van der Waals surface area contributed by atoms with E-state index in [0.29, 0.717) is 5.69 Å². The highest BCUT2D eigenvalue weighted by Crippen LogP contribution is 2.34. The first-order chi connectivity index (χ1) is 16.2. The molecule has 1 aliphatic rings. The summed E-state index contributed by atoms with van der Waals surface area (Å²) in [5, 5.41) is 0.952. The van der Waals surface area contributed by atoms with Crippen molar-refractivity contribution in [1.29, 1.82) is 0 Å². The molecule has 0 bridgehead atoms. The van der Waals surface area contributed by atoms with E-state index in [0.717, 1.165) is 48.0 Å². The second-order valence-corrected chi connectivity index (χ2v) is 8.48. The van der Waals surface area contributed by atoms with Crippen LogP contribution in [0.2, 0.25) is 0 Å². The lowest BCUT2D eigenvalue weighted by Gasteiger charge is -2.38. The Morgan fingerprint density at radius 1 is 0.970 bits per heavy atom. The molecule has 4 aromatic rings. The third-order valence-electron chi connectivity index (χ3n) is 6.65. The fraction of sp³-hybridized carbons (Fsp3) is 0.259. The summed E-state index contributed by atoms with van der Waals surface area (Å²) in [5.41, 5.74) is 3.27. The minimum absolute atomic E-state index is 0.105. The molecule has 0 radical (unpaired) electrons. The average Bonchev–Trinajstić information content (AvgIpc) is 3.52. The van der Waals surface area contributed by atoms with Crippen LogP contribution in [0.15, 0.2) is 79.1 Å². The largest absolute Gasteiger partial charge is 0.464 e. The number of aromatic amines is 1. The van der Waals surface area contributed by atoms with Crippen LogP contribution in [0.3, 0.4) is 0 Å². The van der Waals surface area contributed by atoms with Crippen molar-refractivity contribution in [2.45, 2.75) is 24.9 Å². The number of hydrogen-bond donors (Lipinski definition) is 1. The fourth-order valence-electron chi connectivity index (χ4n) is 5.00. The zero-order valence-corrected chi connectivity index (χ0v) is 18.6. The number of para-hydroxylation sites is 1. The van der Waals surface area contributed by atoms with Crippen molar-refractivity contribution in [3.8, 4) is 0 Å². The van der Waals surface area contributed by atoms with E-state index in [2.05, 4.69) is 9.88 Å². The summed E-state index contributed by atoms with van der Waals surface area (Å²) in [7, 11) is 1.41. The van der Waals surface area contributed by atoms with Gasteiger partial charge in [0.2, 0.25) is 0 Å². The number of nitrogens with one attached hydrogen (secondary N) is 1. The lowest BCUT2D eigenvalue weighted by molar-refractivity contribution is 0.0579. The van der Waals surface area contributed by atoms with Crippen LogP contribution in [0.1, 0.15) is 51.3 Å². The van der Waals surface area contributed by atoms with Crippen molar-refractivity contribution in [3.63, 3.8) is 0 Å². The second-order valence-electron chi connectivity index (χ2n) is 8.48. The summed E-state index contributed by atoms with van der Waals surface area (Å²) in [6.07, 6.45) is 5.48. The lowest BCUT2D eigenvalue weighted by Crippen LogP contribution is -2.41. The number of likely N-dealkylation sites (tertiary alicyclic amines) is 1. The molecule has 6 nitrogen and oxygen atoms in total. The third-order valence-corrected chi connectivity index (χ3v) is 6.65. The highest BCUT2D eigenvalue weighted by atomic mass is 16.5. The molecule has 1 N–H and O–H groups in total. The molecule has 2 aromatic carbocycles. The number of Topliss-reactive ketones (excluding diaryl/α,β-unsaturated/α-hetero) is 1. The predicted molar refractivity (Wildman–Crippen MR) is 127 cm³/mol. The number of piperidine rings is 1. The SMILES string of the molecule is COC(=O)c1cccn1C1CCN(C(C(=O)c2c[nH]c3ccccc23)c2ccccc2)CC1. The smallest absolute Gasteiger partial charge is 0.354 e. The Morgan fingerprint density at radius 2 is 1.70 bits per heavy atom. The van der Waals surface area contributed by atoms with Crippen molar-refractivity contribution in [2.75, 3.05) is 20.2 Å². The number of carbonyl (C=O) groups excluding carboxylic acids is 2. The number of esters is 1. The summed E-state index contributed by atoms with van der Waals surface area (Å²) in [4.78, 5) is 31.5. The maximum atomic E-state index is 13.9. The Bertz CT molecular complexity index is 1270. The number of aromatic nitrogens is 2. The standard InChI is InChI=1S/C27H27N3O3/c1-33-27(32)24-12-7-15-30(24)20-13-16-29(17-14-20)25(19-8-3-2-4-9-19)26(31)22-18-28-23-11-6-5-10-21(22)23/h2-12,15,18,20,25,28H,13-14,16-17H2,1H3. The first-order valence-electron chi connectivity index (χ1n) is 11.3. The van der Waals surface area contributed by atoms with Crippen LogP contribution >= 0.6 is 0 Å². The Morgan fingerprint density at radius 3 is 2.45 bits per heavy atom. The topological polar surface area (TPSA) is 67.3 Å². The zero-order valence-electron chi connectivity index (χ0n) is 18.6. The van der Waals surface area contributed by atoms with Gasteiger partial charge in [-0.2, -0.15) is 0 Å². The van der Waals surface area contributed by atoms with Gasteiger partial charge in [0.25, 0.3) is 0 Å². The third kappa shape index (κ3) is 3.98. The number of hydrogen-bond acceptors (Lipinski definition) is 4. The van der Waals surface area contributed by atoms with E-state index in [1.165, 1.54) is 7.11 Å². The molecular weight excluding hydrogens is 414 g/mol. The van der Waals surface area contributed by atoms with Gasteiger partial charge in [0.1, 0.15) is 5.69 Å². The summed E-state index contributed by atoms with van der Waals surface area (Å²) in [5.74, 6) is -0.215. The molecular formula is C27H27N3O3. The van der Waals surface area contributed by atoms with Gasteiger partial charge in [0.15, 0.2) is 5.78 Å². The minimum atomic E-state index is -0.351. The first-order valence-corrected chi connectivity index (χ1v) is 11.3. The number of ether oxygens (including phenoxy) is 1. The van der Waals surface area contributed by atoms with Crippen LogP contribution in [0.5, 0.6) is 0 Å². The number of ketones is 1. The Kier molecular flexibility index (Phi) is 5.84. The monoisotopic (exact) mass is 441 g/mol. The molecule has 0 spiro atoms. The molecule has 33 heavy (non-hydrogen) atoms. The number of H-pyrrole nitrogens is 1. The van der Waals surface area contributed by atoms with Gasteiger partial charge in [0.05, 0.1) is 13.2 Å². The molecule has 1 aliphatic heterocycles. The minimum Gasteiger partial charge on any atom is -0.464 e. The molecule has 1 atom stereocenters. The molecule has 3 heterocycles. The van der Waals surface area contributed by atoms with E-state index < -0.39 is 0 Å². The average molecular weight is 442 g/mol. The van der Waals surface area contributed by atoms with Crippen LogP contribution in [-0.4, -0.2) is 46.4 Å². The van der Waals surface area contributed by atoms with Gasteiger partial charge in [-0.05, 0) is 36.6 Å². The van der Waals surface area contributed by atoms with Gasteiger partial charge in [-0.15, -0.1) is 0 Å². The highest BCUT2D eigenvalue weighted by molar-refractivity contribution is 6.10. The van der Waals surface area contributed by atoms with Crippen molar-refractivity contribution in [3.05, 3.63) is 95.9 Å². The molecule has 5 rings (SSSR count). The quantitative estimate of drug-likeness (QED) is 0.337. The molecule has 1 saturated heterocycles. The zero-order chi connectivity index (χ0) is 22.8. The Labute approximate surface area is 192 Å². The van der Waals surface area contributed by atoms with E-state index in [4.69, 9.17) is 4.74 Å². The van der Waals surface area contributed by atoms with E-state index in [1.807, 2.05) is 77.6 Å². The molecule has 0 saturated carbocycles. The van der Waals surface area contributed by atoms with Crippen LogP contribution < -0.4 is 0 Å². The van der Waals surface area contributed by atoms with Crippen LogP contribution in [0.25, 0.3) is 10.9 Å². The number of nitrogens with zero attached hydrogens (tertiary/aromatic N) is 2. The first kappa shape index (κ1) is 21.2. The van der Waals surface area contributed by atoms with Crippen molar-refractivity contribution in [1.82, 2.24) is 14.5 Å². The van der Waals surface area contributed by atoms with Gasteiger partial charge >= 0.3 is 5.97 Å². The molecule has 6 heteroatoms. The highest BCUT2D eigenvalue weighted by Gasteiger charge is 2.33. The molecule has 1 unspecified atom stereocenters. The molecule has 168 valence electrons. The summed E-state index contributed by atoms with van der Waals surface area (Å²) in [6.45, 7) is 1.52. The predicted octanol–water partition coefficient (Wildman–Crippen LogP) is 5.02. The molecule has 1 fully saturated rings. The fourth-order valence-corrected chi connectivity index (χ4v) is 5.00. The summed E-state index contributed by atoms with van der Waals surface area (Å²) in [6, 6.07) is 21.5. The van der Waals surface area contributed by atoms with E-state index >= 15 is 0 Å². The van der Waals surface area contributed by atoms with Gasteiger partial charge < -0.3 is 14.3 Å². The number of methoxy groups -OCH3 is 1. The van der Waals surface area contributed by atoms with Gasteiger partial charge in [-0.1, -0.05) is 48.5 Å². The van der Waals surface area contributed by atoms with Crippen molar-refractivity contribution in [2.24, 2.45) is 0 Å². The maximum Gasteiger partial charge on any atom is 0.354 e. The number of rotatable bonds is 6. The van der Waals surface area contributed by atoms with Gasteiger partial charge in [-0.3, -0.25) is 9.69 Å². The van der Waals surface area contributed by atoms with Crippen LogP contribution in [-0.2, 0) is 4.74 Å². The molecule has 0 amide bonds. The van der Waals surface area contributed by atoms with E-state index in [1.54, 1.807) is 6.07 Å². The molecule has 2 aromatic heterocycles. The number of fused-ring (bicyclic) bond motifs is 1. The van der Waals surface area contributed by atoms with Crippen molar-refractivity contribution < 1.29 is 14.3 Å². The van der Waals surface area contributed by atoms with Crippen LogP contribution in [0.4, 0.5) is 0 Å². The Balaban J connectivity index is 1.42. The lowest BCUT2D eigenvalue weighted by atomic mass is 9.93. The number of benzene rings is 2. The summed E-state index contributed by atoms with van der Waals surface area (Å²) >= 11 is 0. The number of carbonyl (C=O) groups is 2. The van der Waals surface area contributed by atoms with Gasteiger partial charge in [0, 0.05) is 48.0 Å². The molecule has 0 aliphatic carbocycles. The summed E-state index contributed by atoms with van der Waals surface area (Å²) < 4.78 is 6.95. The van der Waals surface area contributed by atoms with Crippen LogP contribution in [0, 0.1) is 0 Å². The van der Waals surface area contributed by atoms with Gasteiger partial charge in [-0.25, -0.2) is 4.79 Å². The normalized spacial score (nSPS) is 16.0. The second kappa shape index (κ2) is 9.08. The van der Waals surface area contributed by atoms with E-state index in [9.17, 15) is 9.59 Å². The maximum absolute atomic E-state index is 13.9. The van der Waals surface area contributed by atoms with Crippen molar-refractivity contribution >= 4 is 22.7 Å². The Hall–Kier alpha value is -3.64. The van der Waals surface area contributed by atoms with E-state index in [-0.39, 0.29) is 23.8 Å².